The van der Waals surface area contributed by atoms with Crippen LogP contribution in [0, 0.1) is 0 Å². The summed E-state index contributed by atoms with van der Waals surface area (Å²) in [4.78, 5) is 13.7. The van der Waals surface area contributed by atoms with E-state index in [-0.39, 0.29) is 5.91 Å². The Hall–Kier alpha value is -2.72. The lowest BCUT2D eigenvalue weighted by atomic mass is 10.2. The van der Waals surface area contributed by atoms with Crippen LogP contribution in [-0.4, -0.2) is 17.9 Å². The summed E-state index contributed by atoms with van der Waals surface area (Å²) >= 11 is 5.89. The maximum atomic E-state index is 12.1. The van der Waals surface area contributed by atoms with Crippen molar-refractivity contribution in [2.75, 3.05) is 7.05 Å². The number of hydrogen-bond acceptors (Lipinski definition) is 3. The van der Waals surface area contributed by atoms with Crippen molar-refractivity contribution in [3.63, 3.8) is 0 Å². The summed E-state index contributed by atoms with van der Waals surface area (Å²) in [5.74, 6) is 1.96. The zero-order chi connectivity index (χ0) is 16.9. The second-order valence-corrected chi connectivity index (χ2v) is 5.75. The number of carbonyl (C=O) groups is 1. The van der Waals surface area contributed by atoms with Crippen LogP contribution in [0.25, 0.3) is 17.4 Å². The Morgan fingerprint density at radius 3 is 2.67 bits per heavy atom. The van der Waals surface area contributed by atoms with Gasteiger partial charge in [-0.3, -0.25) is 4.79 Å². The van der Waals surface area contributed by atoms with Gasteiger partial charge in [0.25, 0.3) is 0 Å². The molecular weight excluding hydrogens is 326 g/mol. The Morgan fingerprint density at radius 2 is 1.96 bits per heavy atom. The van der Waals surface area contributed by atoms with Crippen LogP contribution < -0.4 is 0 Å². The third-order valence-electron chi connectivity index (χ3n) is 3.49. The highest BCUT2D eigenvalue weighted by Crippen LogP contribution is 2.24. The largest absolute Gasteiger partial charge is 0.465 e. The molecule has 0 atom stereocenters. The number of nitrogens with zero attached hydrogens (tertiary/aromatic N) is 1. The summed E-state index contributed by atoms with van der Waals surface area (Å²) < 4.78 is 11.0. The number of benzene rings is 1. The van der Waals surface area contributed by atoms with Gasteiger partial charge in [-0.05, 0) is 54.6 Å². The van der Waals surface area contributed by atoms with Crippen LogP contribution in [0.15, 0.2) is 69.7 Å². The van der Waals surface area contributed by atoms with Crippen LogP contribution in [0.5, 0.6) is 0 Å². The first-order valence-electron chi connectivity index (χ1n) is 7.43. The number of hydrogen-bond donors (Lipinski definition) is 0. The van der Waals surface area contributed by atoms with Crippen molar-refractivity contribution in [1.82, 2.24) is 4.90 Å². The summed E-state index contributed by atoms with van der Waals surface area (Å²) in [5, 5.41) is 0.680. The first-order valence-corrected chi connectivity index (χ1v) is 7.81. The molecule has 122 valence electrons. The molecule has 0 unspecified atom stereocenters. The van der Waals surface area contributed by atoms with Crippen molar-refractivity contribution < 1.29 is 13.6 Å². The lowest BCUT2D eigenvalue weighted by Gasteiger charge is -2.12. The fourth-order valence-corrected chi connectivity index (χ4v) is 2.34. The Bertz CT molecular complexity index is 832. The summed E-state index contributed by atoms with van der Waals surface area (Å²) in [7, 11) is 1.72. The number of rotatable bonds is 5. The number of halogens is 1. The molecule has 5 heteroatoms. The molecule has 24 heavy (non-hydrogen) atoms. The van der Waals surface area contributed by atoms with Gasteiger partial charge in [0, 0.05) is 23.7 Å². The van der Waals surface area contributed by atoms with E-state index in [0.717, 1.165) is 11.3 Å². The molecule has 0 radical (unpaired) electrons. The van der Waals surface area contributed by atoms with Crippen molar-refractivity contribution >= 4 is 23.6 Å². The molecule has 1 aromatic carbocycles. The summed E-state index contributed by atoms with van der Waals surface area (Å²) in [6, 6.07) is 14.7. The van der Waals surface area contributed by atoms with Gasteiger partial charge in [0.15, 0.2) is 0 Å². The molecule has 0 saturated heterocycles. The molecule has 0 aliphatic heterocycles. The van der Waals surface area contributed by atoms with E-state index >= 15 is 0 Å². The molecule has 0 spiro atoms. The smallest absolute Gasteiger partial charge is 0.246 e. The summed E-state index contributed by atoms with van der Waals surface area (Å²) in [5.41, 5.74) is 0.942. The van der Waals surface area contributed by atoms with Gasteiger partial charge in [-0.2, -0.15) is 0 Å². The van der Waals surface area contributed by atoms with Crippen LogP contribution in [0.4, 0.5) is 0 Å². The number of amides is 1. The molecule has 0 saturated carbocycles. The molecule has 3 rings (SSSR count). The molecule has 0 fully saturated rings. The number of carbonyl (C=O) groups excluding carboxylic acids is 1. The van der Waals surface area contributed by atoms with Gasteiger partial charge in [0.05, 0.1) is 12.8 Å². The molecule has 0 aliphatic rings. The van der Waals surface area contributed by atoms with Gasteiger partial charge >= 0.3 is 0 Å². The summed E-state index contributed by atoms with van der Waals surface area (Å²) in [6.07, 6.45) is 4.68. The summed E-state index contributed by atoms with van der Waals surface area (Å²) in [6.45, 7) is 0.384. The number of furan rings is 2. The Labute approximate surface area is 144 Å². The Balaban J connectivity index is 1.63. The van der Waals surface area contributed by atoms with E-state index in [1.165, 1.54) is 6.08 Å². The van der Waals surface area contributed by atoms with Crippen LogP contribution in [-0.2, 0) is 11.3 Å². The Morgan fingerprint density at radius 1 is 1.17 bits per heavy atom. The maximum absolute atomic E-state index is 12.1. The average Bonchev–Trinajstić information content (AvgIpc) is 3.25. The second kappa shape index (κ2) is 7.23. The molecule has 0 bridgehead atoms. The van der Waals surface area contributed by atoms with E-state index < -0.39 is 0 Å². The predicted octanol–water partition coefficient (Wildman–Crippen LogP) is 4.86. The second-order valence-electron chi connectivity index (χ2n) is 5.32. The van der Waals surface area contributed by atoms with Gasteiger partial charge in [-0.15, -0.1) is 0 Å². The van der Waals surface area contributed by atoms with Crippen LogP contribution in [0.3, 0.4) is 0 Å². The van der Waals surface area contributed by atoms with E-state index in [0.29, 0.717) is 23.1 Å². The van der Waals surface area contributed by atoms with Gasteiger partial charge in [0.2, 0.25) is 5.91 Å². The molecular formula is C19H16ClNO3. The van der Waals surface area contributed by atoms with E-state index in [4.69, 9.17) is 20.4 Å². The topological polar surface area (TPSA) is 46.6 Å². The monoisotopic (exact) mass is 341 g/mol. The van der Waals surface area contributed by atoms with Crippen molar-refractivity contribution in [2.24, 2.45) is 0 Å². The quantitative estimate of drug-likeness (QED) is 0.622. The van der Waals surface area contributed by atoms with Crippen molar-refractivity contribution in [3.05, 3.63) is 77.4 Å². The lowest BCUT2D eigenvalue weighted by molar-refractivity contribution is -0.125. The molecule has 0 aliphatic carbocycles. The van der Waals surface area contributed by atoms with Gasteiger partial charge < -0.3 is 13.7 Å². The van der Waals surface area contributed by atoms with Gasteiger partial charge in [0.1, 0.15) is 17.3 Å². The molecule has 3 aromatic rings. The third-order valence-corrected chi connectivity index (χ3v) is 3.74. The fourth-order valence-electron chi connectivity index (χ4n) is 2.21. The van der Waals surface area contributed by atoms with Crippen molar-refractivity contribution in [2.45, 2.75) is 6.54 Å². The van der Waals surface area contributed by atoms with Gasteiger partial charge in [-0.1, -0.05) is 11.6 Å². The van der Waals surface area contributed by atoms with E-state index in [1.54, 1.807) is 36.4 Å². The fraction of sp³-hybridized carbons (Fsp3) is 0.105. The highest BCUT2D eigenvalue weighted by Gasteiger charge is 2.10. The van der Waals surface area contributed by atoms with Gasteiger partial charge in [-0.25, -0.2) is 0 Å². The minimum Gasteiger partial charge on any atom is -0.465 e. The molecule has 1 amide bonds. The van der Waals surface area contributed by atoms with E-state index in [1.807, 2.05) is 36.4 Å². The normalized spacial score (nSPS) is 11.1. The minimum absolute atomic E-state index is 0.129. The van der Waals surface area contributed by atoms with Crippen LogP contribution >= 0.6 is 11.6 Å². The molecule has 0 N–H and O–H groups in total. The molecule has 2 heterocycles. The standard InChI is InChI=1S/C19H16ClNO3/c1-21(19(22)11-9-16-3-2-12-23-16)13-17-8-10-18(24-17)14-4-6-15(20)7-5-14/h2-12H,13H2,1H3. The first-order chi connectivity index (χ1) is 11.6. The average molecular weight is 342 g/mol. The number of likely N-dealkylation sites (N-methyl/N-ethyl adjacent to an activating group) is 1. The predicted molar refractivity (Wildman–Crippen MR) is 93.4 cm³/mol. The third kappa shape index (κ3) is 3.97. The minimum atomic E-state index is -0.129. The van der Waals surface area contributed by atoms with E-state index in [9.17, 15) is 4.79 Å². The maximum Gasteiger partial charge on any atom is 0.246 e. The molecule has 2 aromatic heterocycles. The SMILES string of the molecule is CN(Cc1ccc(-c2ccc(Cl)cc2)o1)C(=O)C=Cc1ccco1. The Kier molecular flexibility index (Phi) is 4.87. The molecule has 4 nitrogen and oxygen atoms in total. The first kappa shape index (κ1) is 16.1. The zero-order valence-corrected chi connectivity index (χ0v) is 13.9. The lowest BCUT2D eigenvalue weighted by Crippen LogP contribution is -2.23. The van der Waals surface area contributed by atoms with Crippen LogP contribution in [0.1, 0.15) is 11.5 Å². The highest BCUT2D eigenvalue weighted by molar-refractivity contribution is 6.30. The van der Waals surface area contributed by atoms with Crippen molar-refractivity contribution in [1.29, 1.82) is 0 Å². The van der Waals surface area contributed by atoms with E-state index in [2.05, 4.69) is 0 Å². The van der Waals surface area contributed by atoms with Crippen LogP contribution in [0.2, 0.25) is 5.02 Å². The zero-order valence-electron chi connectivity index (χ0n) is 13.1. The highest BCUT2D eigenvalue weighted by atomic mass is 35.5. The van der Waals surface area contributed by atoms with Crippen molar-refractivity contribution in [3.8, 4) is 11.3 Å².